The van der Waals surface area contributed by atoms with Gasteiger partial charge in [0.1, 0.15) is 4.64 Å². The van der Waals surface area contributed by atoms with E-state index in [2.05, 4.69) is 42.9 Å². The average Bonchev–Trinajstić information content (AvgIpc) is 2.97. The number of halogens is 1. The molecule has 2 aromatic rings. The van der Waals surface area contributed by atoms with E-state index in [0.717, 1.165) is 34.8 Å². The van der Waals surface area contributed by atoms with Gasteiger partial charge in [0.15, 0.2) is 0 Å². The van der Waals surface area contributed by atoms with Crippen LogP contribution in [0.15, 0.2) is 34.8 Å². The Morgan fingerprint density at radius 1 is 1.16 bits per heavy atom. The van der Waals surface area contributed by atoms with Crippen molar-refractivity contribution < 1.29 is 0 Å². The highest BCUT2D eigenvalue weighted by Crippen LogP contribution is 2.29. The summed E-state index contributed by atoms with van der Waals surface area (Å²) in [6.45, 7) is 2.10. The van der Waals surface area contributed by atoms with Crippen LogP contribution in [-0.2, 0) is 0 Å². The van der Waals surface area contributed by atoms with E-state index in [4.69, 9.17) is 12.2 Å². The molecule has 0 saturated carbocycles. The minimum Gasteiger partial charge on any atom is -0.342 e. The van der Waals surface area contributed by atoms with Gasteiger partial charge in [-0.25, -0.2) is 4.98 Å². The van der Waals surface area contributed by atoms with Crippen LogP contribution >= 0.6 is 28.1 Å². The molecule has 98 valence electrons. The lowest BCUT2D eigenvalue weighted by molar-refractivity contribution is 0.895. The first kappa shape index (κ1) is 12.8. The molecule has 19 heavy (non-hydrogen) atoms. The molecule has 0 aliphatic carbocycles. The maximum Gasteiger partial charge on any atom is 0.204 e. The Bertz CT molecular complexity index is 633. The normalized spacial score (nSPS) is 14.9. The van der Waals surface area contributed by atoms with E-state index in [1.807, 2.05) is 18.2 Å². The second-order valence-electron chi connectivity index (χ2n) is 4.61. The summed E-state index contributed by atoms with van der Waals surface area (Å²) in [7, 11) is 0. The molecule has 1 aliphatic rings. The molecule has 5 heteroatoms. The average molecular weight is 336 g/mol. The molecule has 1 aliphatic heterocycles. The zero-order chi connectivity index (χ0) is 13.2. The summed E-state index contributed by atoms with van der Waals surface area (Å²) in [5.74, 6) is 0.879. The lowest BCUT2D eigenvalue weighted by Gasteiger charge is -2.17. The standard InChI is InChI=1S/C14H14BrN3S/c15-11-12(10-6-2-1-3-7-10)16-14(17-13(11)19)18-8-4-5-9-18/h1-3,6-7H,4-5,8-9H2,(H,16,17,19). The fraction of sp³-hybridized carbons (Fsp3) is 0.286. The zero-order valence-electron chi connectivity index (χ0n) is 10.4. The van der Waals surface area contributed by atoms with Crippen LogP contribution in [0.4, 0.5) is 5.95 Å². The summed E-state index contributed by atoms with van der Waals surface area (Å²) < 4.78 is 1.47. The van der Waals surface area contributed by atoms with Crippen LogP contribution < -0.4 is 4.90 Å². The molecule has 0 spiro atoms. The van der Waals surface area contributed by atoms with Gasteiger partial charge in [0.25, 0.3) is 0 Å². The molecule has 0 amide bonds. The van der Waals surface area contributed by atoms with E-state index >= 15 is 0 Å². The molecular formula is C14H14BrN3S. The number of aromatic amines is 1. The number of rotatable bonds is 2. The van der Waals surface area contributed by atoms with Gasteiger partial charge in [0.2, 0.25) is 5.95 Å². The van der Waals surface area contributed by atoms with Gasteiger partial charge in [0, 0.05) is 13.1 Å². The summed E-state index contributed by atoms with van der Waals surface area (Å²) in [4.78, 5) is 10.2. The lowest BCUT2D eigenvalue weighted by atomic mass is 10.1. The quantitative estimate of drug-likeness (QED) is 0.836. The molecule has 3 rings (SSSR count). The van der Waals surface area contributed by atoms with Gasteiger partial charge in [-0.15, -0.1) is 0 Å². The Labute approximate surface area is 125 Å². The third kappa shape index (κ3) is 2.58. The molecule has 0 bridgehead atoms. The van der Waals surface area contributed by atoms with Gasteiger partial charge in [-0.2, -0.15) is 0 Å². The minimum atomic E-state index is 0.611. The van der Waals surface area contributed by atoms with Crippen LogP contribution in [-0.4, -0.2) is 23.1 Å². The van der Waals surface area contributed by atoms with Crippen molar-refractivity contribution in [3.05, 3.63) is 39.4 Å². The number of nitrogens with zero attached hydrogens (tertiary/aromatic N) is 2. The first-order valence-electron chi connectivity index (χ1n) is 6.36. The van der Waals surface area contributed by atoms with Crippen molar-refractivity contribution in [2.75, 3.05) is 18.0 Å². The number of benzene rings is 1. The maximum absolute atomic E-state index is 5.36. The van der Waals surface area contributed by atoms with Crippen LogP contribution in [0.5, 0.6) is 0 Å². The molecule has 3 nitrogen and oxygen atoms in total. The predicted octanol–water partition coefficient (Wildman–Crippen LogP) is 4.17. The van der Waals surface area contributed by atoms with E-state index in [1.54, 1.807) is 0 Å². The van der Waals surface area contributed by atoms with Crippen LogP contribution in [0.2, 0.25) is 0 Å². The third-order valence-corrected chi connectivity index (χ3v) is 4.65. The smallest absolute Gasteiger partial charge is 0.204 e. The maximum atomic E-state index is 5.36. The largest absolute Gasteiger partial charge is 0.342 e. The van der Waals surface area contributed by atoms with Crippen molar-refractivity contribution in [1.82, 2.24) is 9.97 Å². The summed E-state index contributed by atoms with van der Waals surface area (Å²) in [6.07, 6.45) is 2.44. The van der Waals surface area contributed by atoms with E-state index < -0.39 is 0 Å². The SMILES string of the molecule is S=c1nc(N2CCCC2)[nH]c(-c2ccccc2)c1Br. The van der Waals surface area contributed by atoms with Crippen LogP contribution in [0, 0.1) is 4.64 Å². The first-order chi connectivity index (χ1) is 9.25. The summed E-state index contributed by atoms with van der Waals surface area (Å²) in [5, 5.41) is 0. The third-order valence-electron chi connectivity index (χ3n) is 3.32. The van der Waals surface area contributed by atoms with Gasteiger partial charge in [-0.05, 0) is 34.3 Å². The fourth-order valence-corrected chi connectivity index (χ4v) is 2.93. The topological polar surface area (TPSA) is 31.9 Å². The van der Waals surface area contributed by atoms with Gasteiger partial charge >= 0.3 is 0 Å². The molecule has 0 radical (unpaired) electrons. The second-order valence-corrected chi connectivity index (χ2v) is 5.79. The van der Waals surface area contributed by atoms with Gasteiger partial charge in [-0.3, -0.25) is 0 Å². The van der Waals surface area contributed by atoms with Crippen LogP contribution in [0.3, 0.4) is 0 Å². The van der Waals surface area contributed by atoms with E-state index in [0.29, 0.717) is 4.64 Å². The highest BCUT2D eigenvalue weighted by molar-refractivity contribution is 9.10. The number of hydrogen-bond acceptors (Lipinski definition) is 3. The fourth-order valence-electron chi connectivity index (χ4n) is 2.33. The molecule has 1 aromatic heterocycles. The van der Waals surface area contributed by atoms with Crippen molar-refractivity contribution in [2.24, 2.45) is 0 Å². The zero-order valence-corrected chi connectivity index (χ0v) is 12.8. The van der Waals surface area contributed by atoms with Crippen molar-refractivity contribution in [2.45, 2.75) is 12.8 Å². The summed E-state index contributed by atoms with van der Waals surface area (Å²) in [6, 6.07) is 10.2. The summed E-state index contributed by atoms with van der Waals surface area (Å²) in [5.41, 5.74) is 2.12. The Balaban J connectivity index is 2.11. The first-order valence-corrected chi connectivity index (χ1v) is 7.56. The second kappa shape index (κ2) is 5.43. The predicted molar refractivity (Wildman–Crippen MR) is 84.0 cm³/mol. The molecule has 2 heterocycles. The molecule has 0 unspecified atom stereocenters. The molecule has 1 fully saturated rings. The Morgan fingerprint density at radius 2 is 1.84 bits per heavy atom. The Morgan fingerprint density at radius 3 is 2.53 bits per heavy atom. The van der Waals surface area contributed by atoms with Crippen molar-refractivity contribution in [3.63, 3.8) is 0 Å². The van der Waals surface area contributed by atoms with Gasteiger partial charge in [0.05, 0.1) is 10.2 Å². The molecule has 0 atom stereocenters. The Hall–Kier alpha value is -1.20. The molecular weight excluding hydrogens is 322 g/mol. The lowest BCUT2D eigenvalue weighted by Crippen LogP contribution is -2.20. The number of anilines is 1. The minimum absolute atomic E-state index is 0.611. The van der Waals surface area contributed by atoms with Gasteiger partial charge < -0.3 is 9.88 Å². The summed E-state index contributed by atoms with van der Waals surface area (Å²) >= 11 is 8.90. The monoisotopic (exact) mass is 335 g/mol. The van der Waals surface area contributed by atoms with Crippen molar-refractivity contribution in [3.8, 4) is 11.3 Å². The highest BCUT2D eigenvalue weighted by Gasteiger charge is 2.16. The molecule has 1 aromatic carbocycles. The van der Waals surface area contributed by atoms with Crippen molar-refractivity contribution >= 4 is 34.1 Å². The van der Waals surface area contributed by atoms with Crippen LogP contribution in [0.25, 0.3) is 11.3 Å². The van der Waals surface area contributed by atoms with E-state index in [-0.39, 0.29) is 0 Å². The van der Waals surface area contributed by atoms with E-state index in [1.165, 1.54) is 12.8 Å². The van der Waals surface area contributed by atoms with Crippen LogP contribution in [0.1, 0.15) is 12.8 Å². The van der Waals surface area contributed by atoms with Gasteiger partial charge in [-0.1, -0.05) is 42.5 Å². The molecule has 1 N–H and O–H groups in total. The number of H-pyrrole nitrogens is 1. The number of aromatic nitrogens is 2. The number of nitrogens with one attached hydrogen (secondary N) is 1. The van der Waals surface area contributed by atoms with Crippen molar-refractivity contribution in [1.29, 1.82) is 0 Å². The number of hydrogen-bond donors (Lipinski definition) is 1. The Kier molecular flexibility index (Phi) is 3.66. The van der Waals surface area contributed by atoms with E-state index in [9.17, 15) is 0 Å². The molecule has 1 saturated heterocycles. The highest BCUT2D eigenvalue weighted by atomic mass is 79.9.